The van der Waals surface area contributed by atoms with Crippen LogP contribution >= 0.6 is 15.9 Å². The van der Waals surface area contributed by atoms with Crippen molar-refractivity contribution in [2.24, 2.45) is 5.41 Å². The van der Waals surface area contributed by atoms with Gasteiger partial charge in [-0.15, -0.1) is 0 Å². The highest BCUT2D eigenvalue weighted by Gasteiger charge is 2.44. The predicted molar refractivity (Wildman–Crippen MR) is 129 cm³/mol. The summed E-state index contributed by atoms with van der Waals surface area (Å²) in [4.78, 5) is 17.7. The molecule has 1 N–H and O–H groups in total. The summed E-state index contributed by atoms with van der Waals surface area (Å²) in [6, 6.07) is 10.5. The lowest BCUT2D eigenvalue weighted by Crippen LogP contribution is -2.41. The van der Waals surface area contributed by atoms with Gasteiger partial charge in [0.1, 0.15) is 5.82 Å². The Labute approximate surface area is 197 Å². The number of halogens is 2. The summed E-state index contributed by atoms with van der Waals surface area (Å²) in [5.74, 6) is -0.579. The minimum absolute atomic E-state index is 0.0923. The van der Waals surface area contributed by atoms with Crippen LogP contribution in [0.3, 0.4) is 0 Å². The highest BCUT2D eigenvalue weighted by atomic mass is 79.9. The first kappa shape index (κ1) is 21.7. The molecule has 0 aromatic heterocycles. The van der Waals surface area contributed by atoms with E-state index in [0.29, 0.717) is 36.4 Å². The Kier molecular flexibility index (Phi) is 5.88. The van der Waals surface area contributed by atoms with Crippen LogP contribution in [0.4, 0.5) is 21.5 Å². The van der Waals surface area contributed by atoms with Crippen molar-refractivity contribution in [1.82, 2.24) is 0 Å². The van der Waals surface area contributed by atoms with Gasteiger partial charge in [0.05, 0.1) is 24.0 Å². The molecule has 2 heterocycles. The standard InChI is InChI=1S/C25H29BrFN3O2/c1-17-16-30(10-11-32-17)21-14-19(27)13-20(15-21)28-24(31)22-3-2-18(26)12-23(22)29-8-6-25(4-5-25)7-9-29/h2-3,12-15,17H,4-11,16H2,1H3,(H,28,31)/t17-/m1/s1. The molecule has 5 nitrogen and oxygen atoms in total. The van der Waals surface area contributed by atoms with Crippen molar-refractivity contribution in [2.45, 2.75) is 38.7 Å². The molecule has 0 unspecified atom stereocenters. The Bertz CT molecular complexity index is 1020. The van der Waals surface area contributed by atoms with Gasteiger partial charge in [-0.2, -0.15) is 0 Å². The molecule has 0 radical (unpaired) electrons. The summed E-state index contributed by atoms with van der Waals surface area (Å²) in [5, 5.41) is 2.94. The first-order chi connectivity index (χ1) is 15.4. The highest BCUT2D eigenvalue weighted by molar-refractivity contribution is 9.10. The summed E-state index contributed by atoms with van der Waals surface area (Å²) < 4.78 is 21.0. The molecular formula is C25H29BrFN3O2. The molecule has 2 aromatic rings. The molecule has 170 valence electrons. The maximum absolute atomic E-state index is 14.4. The molecule has 32 heavy (non-hydrogen) atoms. The number of carbonyl (C=O) groups excluding carboxylic acids is 1. The minimum atomic E-state index is -0.362. The number of amides is 1. The van der Waals surface area contributed by atoms with Gasteiger partial charge >= 0.3 is 0 Å². The van der Waals surface area contributed by atoms with Gasteiger partial charge < -0.3 is 19.9 Å². The van der Waals surface area contributed by atoms with E-state index in [-0.39, 0.29) is 17.8 Å². The number of benzene rings is 2. The van der Waals surface area contributed by atoms with Crippen molar-refractivity contribution < 1.29 is 13.9 Å². The zero-order valence-corrected chi connectivity index (χ0v) is 20.0. The summed E-state index contributed by atoms with van der Waals surface area (Å²) >= 11 is 3.56. The number of hydrogen-bond acceptors (Lipinski definition) is 4. The van der Waals surface area contributed by atoms with Crippen molar-refractivity contribution in [3.63, 3.8) is 0 Å². The number of hydrogen-bond donors (Lipinski definition) is 1. The number of morpholine rings is 1. The molecule has 2 aliphatic heterocycles. The van der Waals surface area contributed by atoms with Crippen molar-refractivity contribution >= 4 is 38.9 Å². The fourth-order valence-corrected chi connectivity index (χ4v) is 5.29. The van der Waals surface area contributed by atoms with E-state index in [1.54, 1.807) is 0 Å². The lowest BCUT2D eigenvalue weighted by Gasteiger charge is -2.35. The average Bonchev–Trinajstić information content (AvgIpc) is 3.52. The van der Waals surface area contributed by atoms with Crippen LogP contribution < -0.4 is 15.1 Å². The molecule has 2 saturated heterocycles. The number of nitrogens with one attached hydrogen (secondary N) is 1. The van der Waals surface area contributed by atoms with E-state index in [1.807, 2.05) is 31.2 Å². The van der Waals surface area contributed by atoms with E-state index in [4.69, 9.17) is 4.74 Å². The zero-order chi connectivity index (χ0) is 22.3. The third-order valence-electron chi connectivity index (χ3n) is 7.07. The third-order valence-corrected chi connectivity index (χ3v) is 7.57. The Hall–Kier alpha value is -2.12. The first-order valence-corrected chi connectivity index (χ1v) is 12.2. The van der Waals surface area contributed by atoms with Gasteiger partial charge in [-0.05, 0) is 74.4 Å². The molecule has 1 aliphatic carbocycles. The van der Waals surface area contributed by atoms with E-state index in [1.165, 1.54) is 37.8 Å². The number of carbonyl (C=O) groups is 1. The number of ether oxygens (including phenoxy) is 1. The zero-order valence-electron chi connectivity index (χ0n) is 18.4. The van der Waals surface area contributed by atoms with Crippen molar-refractivity contribution in [3.05, 3.63) is 52.3 Å². The topological polar surface area (TPSA) is 44.8 Å². The Morgan fingerprint density at radius 3 is 2.59 bits per heavy atom. The van der Waals surface area contributed by atoms with Gasteiger partial charge in [0.2, 0.25) is 0 Å². The number of rotatable bonds is 4. The van der Waals surface area contributed by atoms with E-state index < -0.39 is 0 Å². The number of piperidine rings is 1. The SMILES string of the molecule is C[C@@H]1CN(c2cc(F)cc(NC(=O)c3ccc(Br)cc3N3CCC4(CC3)CC4)c2)CCO1. The van der Waals surface area contributed by atoms with Crippen LogP contribution in [-0.2, 0) is 4.74 Å². The second kappa shape index (κ2) is 8.67. The van der Waals surface area contributed by atoms with Crippen LogP contribution in [0.2, 0.25) is 0 Å². The van der Waals surface area contributed by atoms with Crippen LogP contribution in [0.25, 0.3) is 0 Å². The van der Waals surface area contributed by atoms with Gasteiger partial charge in [-0.25, -0.2) is 4.39 Å². The molecule has 1 atom stereocenters. The highest BCUT2D eigenvalue weighted by Crippen LogP contribution is 2.54. The molecule has 3 aliphatic rings. The predicted octanol–water partition coefficient (Wildman–Crippen LogP) is 5.45. The van der Waals surface area contributed by atoms with E-state index in [2.05, 4.69) is 31.0 Å². The van der Waals surface area contributed by atoms with Crippen LogP contribution in [0, 0.1) is 11.2 Å². The summed E-state index contributed by atoms with van der Waals surface area (Å²) in [7, 11) is 0. The molecule has 3 fully saturated rings. The van der Waals surface area contributed by atoms with Crippen molar-refractivity contribution in [3.8, 4) is 0 Å². The summed E-state index contributed by atoms with van der Waals surface area (Å²) in [5.41, 5.74) is 3.35. The number of anilines is 3. The van der Waals surface area contributed by atoms with Gasteiger partial charge in [-0.1, -0.05) is 15.9 Å². The lowest BCUT2D eigenvalue weighted by atomic mass is 9.93. The number of nitrogens with zero attached hydrogens (tertiary/aromatic N) is 2. The Morgan fingerprint density at radius 2 is 1.88 bits per heavy atom. The third kappa shape index (κ3) is 4.64. The minimum Gasteiger partial charge on any atom is -0.375 e. The maximum Gasteiger partial charge on any atom is 0.257 e. The summed E-state index contributed by atoms with van der Waals surface area (Å²) in [6.45, 7) is 5.96. The lowest BCUT2D eigenvalue weighted by molar-refractivity contribution is 0.0532. The molecule has 2 aromatic carbocycles. The maximum atomic E-state index is 14.4. The monoisotopic (exact) mass is 501 g/mol. The molecular weight excluding hydrogens is 473 g/mol. The van der Waals surface area contributed by atoms with Gasteiger partial charge in [-0.3, -0.25) is 4.79 Å². The van der Waals surface area contributed by atoms with Crippen LogP contribution in [0.1, 0.15) is 43.0 Å². The van der Waals surface area contributed by atoms with Crippen LogP contribution in [0.15, 0.2) is 40.9 Å². The largest absolute Gasteiger partial charge is 0.375 e. The Balaban J connectivity index is 1.36. The summed E-state index contributed by atoms with van der Waals surface area (Å²) in [6.07, 6.45) is 5.15. The smallest absolute Gasteiger partial charge is 0.257 e. The van der Waals surface area contributed by atoms with E-state index in [0.717, 1.165) is 28.9 Å². The van der Waals surface area contributed by atoms with Crippen molar-refractivity contribution in [2.75, 3.05) is 47.9 Å². The fraction of sp³-hybridized carbons (Fsp3) is 0.480. The normalized spacial score (nSPS) is 22.2. The molecule has 5 rings (SSSR count). The fourth-order valence-electron chi connectivity index (χ4n) is 4.94. The second-order valence-corrected chi connectivity index (χ2v) is 10.3. The van der Waals surface area contributed by atoms with Crippen LogP contribution in [-0.4, -0.2) is 44.8 Å². The molecule has 1 amide bonds. The molecule has 1 saturated carbocycles. The quantitative estimate of drug-likeness (QED) is 0.605. The first-order valence-electron chi connectivity index (χ1n) is 11.4. The van der Waals surface area contributed by atoms with E-state index >= 15 is 0 Å². The molecule has 1 spiro atoms. The van der Waals surface area contributed by atoms with Gasteiger partial charge in [0.15, 0.2) is 0 Å². The van der Waals surface area contributed by atoms with Gasteiger partial charge in [0, 0.05) is 42.0 Å². The van der Waals surface area contributed by atoms with Crippen molar-refractivity contribution in [1.29, 1.82) is 0 Å². The molecule has 7 heteroatoms. The molecule has 0 bridgehead atoms. The van der Waals surface area contributed by atoms with E-state index in [9.17, 15) is 9.18 Å². The second-order valence-electron chi connectivity index (χ2n) is 9.43. The average molecular weight is 502 g/mol. The Morgan fingerprint density at radius 1 is 1.09 bits per heavy atom. The van der Waals surface area contributed by atoms with Gasteiger partial charge in [0.25, 0.3) is 5.91 Å². The van der Waals surface area contributed by atoms with Crippen LogP contribution in [0.5, 0.6) is 0 Å².